The van der Waals surface area contributed by atoms with Gasteiger partial charge in [-0.3, -0.25) is 4.98 Å². The van der Waals surface area contributed by atoms with Gasteiger partial charge in [0.25, 0.3) is 0 Å². The Labute approximate surface area is 125 Å². The van der Waals surface area contributed by atoms with E-state index < -0.39 is 0 Å². The second-order valence-electron chi connectivity index (χ2n) is 4.57. The standard InChI is InChI=1S/C15H11N7/c1-2-7-17-13(5-1)22-15-12(9-20-22)14(18-10-19-15)21-11-4-3-6-16-8-11/h1-10H,(H,18,19,21). The highest BCUT2D eigenvalue weighted by atomic mass is 15.3. The molecule has 7 nitrogen and oxygen atoms in total. The minimum absolute atomic E-state index is 0.681. The third kappa shape index (κ3) is 2.14. The Morgan fingerprint density at radius 1 is 0.909 bits per heavy atom. The molecule has 0 spiro atoms. The third-order valence-electron chi connectivity index (χ3n) is 3.16. The maximum atomic E-state index is 4.36. The van der Waals surface area contributed by atoms with Gasteiger partial charge in [-0.2, -0.15) is 9.78 Å². The molecule has 0 aliphatic rings. The van der Waals surface area contributed by atoms with Crippen molar-refractivity contribution in [2.24, 2.45) is 0 Å². The Morgan fingerprint density at radius 3 is 2.73 bits per heavy atom. The summed E-state index contributed by atoms with van der Waals surface area (Å²) < 4.78 is 1.69. The fourth-order valence-corrected chi connectivity index (χ4v) is 2.16. The van der Waals surface area contributed by atoms with E-state index in [9.17, 15) is 0 Å². The largest absolute Gasteiger partial charge is 0.338 e. The Kier molecular flexibility index (Phi) is 2.93. The van der Waals surface area contributed by atoms with Gasteiger partial charge in [-0.15, -0.1) is 0 Å². The summed E-state index contributed by atoms with van der Waals surface area (Å²) in [5, 5.41) is 8.40. The van der Waals surface area contributed by atoms with Crippen molar-refractivity contribution < 1.29 is 0 Å². The summed E-state index contributed by atoms with van der Waals surface area (Å²) >= 11 is 0. The van der Waals surface area contributed by atoms with Crippen molar-refractivity contribution in [1.82, 2.24) is 29.7 Å². The molecule has 0 unspecified atom stereocenters. The van der Waals surface area contributed by atoms with Gasteiger partial charge >= 0.3 is 0 Å². The van der Waals surface area contributed by atoms with Gasteiger partial charge in [0.15, 0.2) is 11.5 Å². The van der Waals surface area contributed by atoms with E-state index in [1.54, 1.807) is 29.5 Å². The fourth-order valence-electron chi connectivity index (χ4n) is 2.16. The fraction of sp³-hybridized carbons (Fsp3) is 0. The molecule has 0 atom stereocenters. The summed E-state index contributed by atoms with van der Waals surface area (Å²) in [5.41, 5.74) is 1.55. The zero-order chi connectivity index (χ0) is 14.8. The molecule has 22 heavy (non-hydrogen) atoms. The molecule has 0 saturated heterocycles. The van der Waals surface area contributed by atoms with Gasteiger partial charge in [-0.05, 0) is 24.3 Å². The third-order valence-corrected chi connectivity index (χ3v) is 3.16. The molecule has 0 aliphatic heterocycles. The van der Waals surface area contributed by atoms with Crippen molar-refractivity contribution in [3.8, 4) is 5.82 Å². The lowest BCUT2D eigenvalue weighted by molar-refractivity contribution is 0.861. The van der Waals surface area contributed by atoms with Crippen LogP contribution in [0.1, 0.15) is 0 Å². The lowest BCUT2D eigenvalue weighted by Crippen LogP contribution is -2.01. The first-order valence-corrected chi connectivity index (χ1v) is 6.69. The molecule has 0 saturated carbocycles. The zero-order valence-corrected chi connectivity index (χ0v) is 11.5. The van der Waals surface area contributed by atoms with E-state index >= 15 is 0 Å². The van der Waals surface area contributed by atoms with Crippen LogP contribution in [0.15, 0.2) is 61.4 Å². The summed E-state index contributed by atoms with van der Waals surface area (Å²) in [6.07, 6.45) is 8.40. The Morgan fingerprint density at radius 2 is 1.91 bits per heavy atom. The number of aromatic nitrogens is 6. The smallest absolute Gasteiger partial charge is 0.170 e. The Bertz CT molecular complexity index is 903. The van der Waals surface area contributed by atoms with Gasteiger partial charge in [0, 0.05) is 12.4 Å². The van der Waals surface area contributed by atoms with Crippen LogP contribution < -0.4 is 5.32 Å². The highest BCUT2D eigenvalue weighted by Gasteiger charge is 2.11. The van der Waals surface area contributed by atoms with Crippen LogP contribution in [0.25, 0.3) is 16.9 Å². The second kappa shape index (κ2) is 5.21. The second-order valence-corrected chi connectivity index (χ2v) is 4.57. The lowest BCUT2D eigenvalue weighted by Gasteiger charge is -2.06. The summed E-state index contributed by atoms with van der Waals surface area (Å²) in [6, 6.07) is 9.43. The van der Waals surface area contributed by atoms with Crippen LogP contribution >= 0.6 is 0 Å². The normalized spacial score (nSPS) is 10.7. The number of fused-ring (bicyclic) bond motifs is 1. The van der Waals surface area contributed by atoms with Gasteiger partial charge in [-0.25, -0.2) is 15.0 Å². The van der Waals surface area contributed by atoms with E-state index in [1.807, 2.05) is 30.3 Å². The van der Waals surface area contributed by atoms with Crippen molar-refractivity contribution in [1.29, 1.82) is 0 Å². The number of rotatable bonds is 3. The average Bonchev–Trinajstić information content (AvgIpc) is 3.02. The molecule has 0 radical (unpaired) electrons. The van der Waals surface area contributed by atoms with Gasteiger partial charge in [-0.1, -0.05) is 6.07 Å². The molecule has 0 aromatic carbocycles. The molecule has 0 amide bonds. The molecule has 1 N–H and O–H groups in total. The summed E-state index contributed by atoms with van der Waals surface area (Å²) in [5.74, 6) is 1.39. The maximum absolute atomic E-state index is 4.36. The van der Waals surface area contributed by atoms with E-state index in [1.165, 1.54) is 6.33 Å². The van der Waals surface area contributed by atoms with Gasteiger partial charge in [0.1, 0.15) is 12.1 Å². The first-order chi connectivity index (χ1) is 10.9. The molecular formula is C15H11N7. The van der Waals surface area contributed by atoms with Crippen LogP contribution in [0.5, 0.6) is 0 Å². The van der Waals surface area contributed by atoms with Crippen LogP contribution in [-0.4, -0.2) is 29.7 Å². The lowest BCUT2D eigenvalue weighted by atomic mass is 10.3. The topological polar surface area (TPSA) is 81.4 Å². The molecule has 0 fully saturated rings. The quantitative estimate of drug-likeness (QED) is 0.623. The number of hydrogen-bond donors (Lipinski definition) is 1. The Balaban J connectivity index is 1.81. The minimum atomic E-state index is 0.681. The van der Waals surface area contributed by atoms with E-state index in [2.05, 4.69) is 30.4 Å². The van der Waals surface area contributed by atoms with Crippen LogP contribution in [0, 0.1) is 0 Å². The van der Waals surface area contributed by atoms with Crippen molar-refractivity contribution in [2.45, 2.75) is 0 Å². The Hall–Kier alpha value is -3.35. The molecule has 4 rings (SSSR count). The van der Waals surface area contributed by atoms with Crippen molar-refractivity contribution in [3.63, 3.8) is 0 Å². The zero-order valence-electron chi connectivity index (χ0n) is 11.5. The highest BCUT2D eigenvalue weighted by Crippen LogP contribution is 2.23. The maximum Gasteiger partial charge on any atom is 0.170 e. The van der Waals surface area contributed by atoms with Gasteiger partial charge < -0.3 is 5.32 Å². The molecule has 0 aliphatic carbocycles. The predicted molar refractivity (Wildman–Crippen MR) is 82.0 cm³/mol. The number of anilines is 2. The van der Waals surface area contributed by atoms with Crippen molar-refractivity contribution >= 4 is 22.5 Å². The molecule has 7 heteroatoms. The van der Waals surface area contributed by atoms with Crippen LogP contribution in [0.3, 0.4) is 0 Å². The summed E-state index contributed by atoms with van der Waals surface area (Å²) in [7, 11) is 0. The summed E-state index contributed by atoms with van der Waals surface area (Å²) in [4.78, 5) is 17.0. The highest BCUT2D eigenvalue weighted by molar-refractivity contribution is 5.88. The minimum Gasteiger partial charge on any atom is -0.338 e. The average molecular weight is 289 g/mol. The van der Waals surface area contributed by atoms with Crippen molar-refractivity contribution in [2.75, 3.05) is 5.32 Å². The molecule has 0 bridgehead atoms. The number of hydrogen-bond acceptors (Lipinski definition) is 6. The van der Waals surface area contributed by atoms with Crippen LogP contribution in [-0.2, 0) is 0 Å². The molecular weight excluding hydrogens is 278 g/mol. The van der Waals surface area contributed by atoms with E-state index in [4.69, 9.17) is 0 Å². The number of nitrogens with one attached hydrogen (secondary N) is 1. The number of pyridine rings is 2. The SMILES string of the molecule is c1ccc(-n2ncc3c(Nc4cccnc4)ncnc32)nc1. The molecule has 106 valence electrons. The molecule has 4 aromatic rings. The van der Waals surface area contributed by atoms with Crippen LogP contribution in [0.2, 0.25) is 0 Å². The first-order valence-electron chi connectivity index (χ1n) is 6.69. The molecule has 4 heterocycles. The number of nitrogens with zero attached hydrogens (tertiary/aromatic N) is 6. The van der Waals surface area contributed by atoms with Crippen molar-refractivity contribution in [3.05, 3.63) is 61.4 Å². The van der Waals surface area contributed by atoms with E-state index in [-0.39, 0.29) is 0 Å². The van der Waals surface area contributed by atoms with E-state index in [0.717, 1.165) is 11.1 Å². The van der Waals surface area contributed by atoms with Gasteiger partial charge in [0.2, 0.25) is 0 Å². The first kappa shape index (κ1) is 12.4. The van der Waals surface area contributed by atoms with Crippen LogP contribution in [0.4, 0.5) is 11.5 Å². The van der Waals surface area contributed by atoms with Gasteiger partial charge in [0.05, 0.1) is 23.5 Å². The summed E-state index contributed by atoms with van der Waals surface area (Å²) in [6.45, 7) is 0. The van der Waals surface area contributed by atoms with E-state index in [0.29, 0.717) is 17.3 Å². The molecule has 4 aromatic heterocycles. The monoisotopic (exact) mass is 289 g/mol. The predicted octanol–water partition coefficient (Wildman–Crippen LogP) is 2.35.